The fraction of sp³-hybridized carbons (Fsp3) is 0.882. The van der Waals surface area contributed by atoms with Crippen molar-refractivity contribution in [2.75, 3.05) is 6.61 Å². The first-order valence-electron chi connectivity index (χ1n) is 8.44. The van der Waals surface area contributed by atoms with Crippen molar-refractivity contribution in [3.8, 4) is 0 Å². The average molecular weight is 342 g/mol. The summed E-state index contributed by atoms with van der Waals surface area (Å²) in [5.41, 5.74) is -0.602. The van der Waals surface area contributed by atoms with Crippen LogP contribution in [0.25, 0.3) is 0 Å². The minimum atomic E-state index is -1.91. The van der Waals surface area contributed by atoms with Gasteiger partial charge in [0.25, 0.3) is 0 Å². The molecule has 1 aliphatic carbocycles. The van der Waals surface area contributed by atoms with E-state index in [1.165, 1.54) is 4.90 Å². The Morgan fingerprint density at radius 1 is 1.22 bits per heavy atom. The highest BCUT2D eigenvalue weighted by atomic mass is 28.4. The molecule has 1 saturated heterocycles. The summed E-state index contributed by atoms with van der Waals surface area (Å²) < 4.78 is 11.7. The Hall–Kier alpha value is -0.883. The molecule has 1 heterocycles. The molecule has 0 aromatic carbocycles. The topological polar surface area (TPSA) is 55.8 Å². The SMILES string of the molecule is CC(C)(C)OC(=O)N1C(=O)[C@H]2C[C@H]2[C@@H]1CO[Si](C)(C)C(C)(C)C. The molecule has 0 bridgehead atoms. The number of piperidine rings is 1. The van der Waals surface area contributed by atoms with Crippen LogP contribution in [0, 0.1) is 11.8 Å². The van der Waals surface area contributed by atoms with Gasteiger partial charge in [0.15, 0.2) is 8.32 Å². The molecule has 0 unspecified atom stereocenters. The number of likely N-dealkylation sites (tertiary alicyclic amines) is 1. The van der Waals surface area contributed by atoms with Gasteiger partial charge in [0.05, 0.1) is 12.6 Å². The van der Waals surface area contributed by atoms with Crippen molar-refractivity contribution in [1.29, 1.82) is 0 Å². The predicted octanol–water partition coefficient (Wildman–Crippen LogP) is 3.79. The molecule has 0 spiro atoms. The number of carbonyl (C=O) groups is 2. The standard InChI is InChI=1S/C17H31NO4Si/c1-16(2,3)22-15(20)18-13(11-9-12(11)14(18)19)10-21-23(7,8)17(4,5)6/h11-13H,9-10H2,1-8H3/t11-,12+,13+/m1/s1. The number of imide groups is 1. The largest absolute Gasteiger partial charge is 0.443 e. The van der Waals surface area contributed by atoms with E-state index in [2.05, 4.69) is 33.9 Å². The van der Waals surface area contributed by atoms with E-state index in [0.717, 1.165) is 6.42 Å². The van der Waals surface area contributed by atoms with E-state index in [1.807, 2.05) is 20.8 Å². The summed E-state index contributed by atoms with van der Waals surface area (Å²) in [6.07, 6.45) is 0.349. The monoisotopic (exact) mass is 341 g/mol. The Morgan fingerprint density at radius 3 is 2.26 bits per heavy atom. The number of rotatable bonds is 3. The van der Waals surface area contributed by atoms with E-state index < -0.39 is 20.0 Å². The quantitative estimate of drug-likeness (QED) is 0.733. The van der Waals surface area contributed by atoms with E-state index in [0.29, 0.717) is 6.61 Å². The van der Waals surface area contributed by atoms with E-state index in [9.17, 15) is 9.59 Å². The summed E-state index contributed by atoms with van der Waals surface area (Å²) in [7, 11) is -1.91. The summed E-state index contributed by atoms with van der Waals surface area (Å²) in [4.78, 5) is 26.1. The van der Waals surface area contributed by atoms with Crippen LogP contribution in [0.1, 0.15) is 48.0 Å². The van der Waals surface area contributed by atoms with Crippen LogP contribution in [0.4, 0.5) is 4.79 Å². The van der Waals surface area contributed by atoms with Crippen molar-refractivity contribution in [1.82, 2.24) is 4.90 Å². The second kappa shape index (κ2) is 5.58. The van der Waals surface area contributed by atoms with Gasteiger partial charge in [-0.2, -0.15) is 0 Å². The number of hydrogen-bond acceptors (Lipinski definition) is 4. The second-order valence-corrected chi connectivity index (χ2v) is 14.1. The fourth-order valence-corrected chi connectivity index (χ4v) is 3.72. The maximum atomic E-state index is 12.4. The van der Waals surface area contributed by atoms with Gasteiger partial charge >= 0.3 is 6.09 Å². The van der Waals surface area contributed by atoms with Gasteiger partial charge in [-0.05, 0) is 51.2 Å². The lowest BCUT2D eigenvalue weighted by atomic mass is 10.2. The van der Waals surface area contributed by atoms with E-state index in [1.54, 1.807) is 0 Å². The summed E-state index contributed by atoms with van der Waals surface area (Å²) >= 11 is 0. The predicted molar refractivity (Wildman–Crippen MR) is 91.6 cm³/mol. The van der Waals surface area contributed by atoms with Crippen LogP contribution in [-0.2, 0) is 14.0 Å². The fourth-order valence-electron chi connectivity index (χ4n) is 2.70. The highest BCUT2D eigenvalue weighted by Gasteiger charge is 2.61. The van der Waals surface area contributed by atoms with Crippen molar-refractivity contribution >= 4 is 20.3 Å². The molecule has 0 aromatic heterocycles. The number of fused-ring (bicyclic) bond motifs is 1. The smallest absolute Gasteiger partial charge is 0.417 e. The Kier molecular flexibility index (Phi) is 4.48. The van der Waals surface area contributed by atoms with Gasteiger partial charge in [-0.25, -0.2) is 9.69 Å². The second-order valence-electron chi connectivity index (χ2n) is 9.33. The van der Waals surface area contributed by atoms with Gasteiger partial charge in [0.1, 0.15) is 5.60 Å². The molecule has 0 radical (unpaired) electrons. The molecule has 2 amide bonds. The summed E-state index contributed by atoms with van der Waals surface area (Å²) in [6, 6.07) is -0.170. The lowest BCUT2D eigenvalue weighted by molar-refractivity contribution is -0.131. The van der Waals surface area contributed by atoms with Gasteiger partial charge in [-0.15, -0.1) is 0 Å². The van der Waals surface area contributed by atoms with Gasteiger partial charge in [-0.3, -0.25) is 4.79 Å². The van der Waals surface area contributed by atoms with Gasteiger partial charge in [-0.1, -0.05) is 20.8 Å². The minimum absolute atomic E-state index is 0.00414. The highest BCUT2D eigenvalue weighted by Crippen LogP contribution is 2.51. The first-order chi connectivity index (χ1) is 10.2. The van der Waals surface area contributed by atoms with Gasteiger partial charge in [0.2, 0.25) is 5.91 Å². The van der Waals surface area contributed by atoms with Crippen LogP contribution >= 0.6 is 0 Å². The van der Waals surface area contributed by atoms with E-state index in [-0.39, 0.29) is 28.8 Å². The molecular weight excluding hydrogens is 310 g/mol. The van der Waals surface area contributed by atoms with E-state index >= 15 is 0 Å². The molecule has 2 fully saturated rings. The molecule has 0 N–H and O–H groups in total. The van der Waals surface area contributed by atoms with Crippen molar-refractivity contribution in [2.24, 2.45) is 11.8 Å². The third-order valence-electron chi connectivity index (χ3n) is 5.23. The molecule has 2 rings (SSSR count). The zero-order valence-corrected chi connectivity index (χ0v) is 16.7. The van der Waals surface area contributed by atoms with Crippen LogP contribution in [0.15, 0.2) is 0 Å². The molecule has 6 heteroatoms. The average Bonchev–Trinajstić information content (AvgIpc) is 3.04. The van der Waals surface area contributed by atoms with Gasteiger partial charge < -0.3 is 9.16 Å². The first-order valence-corrected chi connectivity index (χ1v) is 11.4. The van der Waals surface area contributed by atoms with Crippen LogP contribution in [0.2, 0.25) is 18.1 Å². The number of hydrogen-bond donors (Lipinski definition) is 0. The number of carbonyl (C=O) groups excluding carboxylic acids is 2. The molecule has 1 aliphatic heterocycles. The zero-order chi connectivity index (χ0) is 17.8. The Morgan fingerprint density at radius 2 is 1.78 bits per heavy atom. The van der Waals surface area contributed by atoms with Crippen LogP contribution in [-0.4, -0.2) is 43.5 Å². The highest BCUT2D eigenvalue weighted by molar-refractivity contribution is 6.74. The molecule has 3 atom stereocenters. The zero-order valence-electron chi connectivity index (χ0n) is 15.7. The Bertz CT molecular complexity index is 504. The minimum Gasteiger partial charge on any atom is -0.443 e. The molecule has 132 valence electrons. The summed E-state index contributed by atoms with van der Waals surface area (Å²) in [5, 5.41) is 0.106. The van der Waals surface area contributed by atoms with Crippen LogP contribution < -0.4 is 0 Å². The third kappa shape index (κ3) is 3.79. The van der Waals surface area contributed by atoms with Crippen molar-refractivity contribution in [3.63, 3.8) is 0 Å². The van der Waals surface area contributed by atoms with Crippen molar-refractivity contribution < 1.29 is 18.8 Å². The number of amides is 2. The summed E-state index contributed by atoms with van der Waals surface area (Å²) in [5.74, 6) is 0.156. The van der Waals surface area contributed by atoms with Crippen molar-refractivity contribution in [3.05, 3.63) is 0 Å². The van der Waals surface area contributed by atoms with Crippen molar-refractivity contribution in [2.45, 2.75) is 77.7 Å². The molecule has 2 aliphatic rings. The maximum absolute atomic E-state index is 12.4. The normalized spacial score (nSPS) is 27.9. The van der Waals surface area contributed by atoms with E-state index in [4.69, 9.17) is 9.16 Å². The summed E-state index contributed by atoms with van der Waals surface area (Å²) in [6.45, 7) is 16.8. The molecule has 0 aromatic rings. The lowest BCUT2D eigenvalue weighted by Crippen LogP contribution is -2.49. The maximum Gasteiger partial charge on any atom is 0.417 e. The number of ether oxygens (including phenoxy) is 1. The lowest BCUT2D eigenvalue weighted by Gasteiger charge is -2.38. The Balaban J connectivity index is 2.07. The molecule has 23 heavy (non-hydrogen) atoms. The third-order valence-corrected chi connectivity index (χ3v) is 9.73. The molecule has 1 saturated carbocycles. The first kappa shape index (κ1) is 18.5. The van der Waals surface area contributed by atoms with Crippen LogP contribution in [0.5, 0.6) is 0 Å². The number of nitrogens with zero attached hydrogens (tertiary/aromatic N) is 1. The van der Waals surface area contributed by atoms with Crippen LogP contribution in [0.3, 0.4) is 0 Å². The molecular formula is C17H31NO4Si. The Labute approximate surface area is 140 Å². The molecule has 5 nitrogen and oxygen atoms in total. The van der Waals surface area contributed by atoms with Gasteiger partial charge in [0, 0.05) is 5.92 Å².